The molecule has 0 unspecified atom stereocenters. The van der Waals surface area contributed by atoms with Crippen LogP contribution < -0.4 is 5.32 Å². The number of hydroxylamine groups is 1. The number of hydrogen-bond donors (Lipinski definition) is 1. The molecule has 1 saturated carbocycles. The Kier molecular flexibility index (Phi) is 7.23. The van der Waals surface area contributed by atoms with Crippen LogP contribution in [0.5, 0.6) is 0 Å². The van der Waals surface area contributed by atoms with Crippen molar-refractivity contribution in [3.05, 3.63) is 53.1 Å². The van der Waals surface area contributed by atoms with Crippen LogP contribution in [0.15, 0.2) is 52.3 Å². The van der Waals surface area contributed by atoms with E-state index in [1.54, 1.807) is 0 Å². The number of sulfonamides is 1. The Morgan fingerprint density at radius 2 is 1.83 bits per heavy atom. The summed E-state index contributed by atoms with van der Waals surface area (Å²) in [5, 5.41) is 3.48. The number of amides is 1. The maximum absolute atomic E-state index is 12.6. The van der Waals surface area contributed by atoms with Crippen LogP contribution in [0.25, 0.3) is 0 Å². The van der Waals surface area contributed by atoms with Gasteiger partial charge >= 0.3 is 0 Å². The third kappa shape index (κ3) is 5.32. The number of anilines is 1. The average Bonchev–Trinajstić information content (AvgIpc) is 3.22. The Morgan fingerprint density at radius 3 is 2.45 bits per heavy atom. The van der Waals surface area contributed by atoms with Gasteiger partial charge in [0.2, 0.25) is 0 Å². The molecule has 0 radical (unpaired) electrons. The molecule has 2 aromatic carbocycles. The van der Waals surface area contributed by atoms with E-state index in [2.05, 4.69) is 5.32 Å². The van der Waals surface area contributed by atoms with E-state index in [1.807, 2.05) is 36.0 Å². The molecule has 156 valence electrons. The molecule has 1 amide bonds. The molecule has 3 rings (SSSR count). The fraction of sp³-hybridized carbons (Fsp3) is 0.350. The Morgan fingerprint density at radius 1 is 1.17 bits per heavy atom. The summed E-state index contributed by atoms with van der Waals surface area (Å²) in [4.78, 5) is 18.4. The highest BCUT2D eigenvalue weighted by atomic mass is 35.5. The van der Waals surface area contributed by atoms with Crippen molar-refractivity contribution in [3.63, 3.8) is 0 Å². The van der Waals surface area contributed by atoms with Gasteiger partial charge in [-0.2, -0.15) is 0 Å². The topological polar surface area (TPSA) is 75.7 Å². The molecule has 0 aliphatic heterocycles. The smallest absolute Gasteiger partial charge is 0.266 e. The Balaban J connectivity index is 1.73. The molecule has 1 aliphatic rings. The summed E-state index contributed by atoms with van der Waals surface area (Å²) in [6, 6.07) is 11.8. The van der Waals surface area contributed by atoms with Crippen molar-refractivity contribution in [2.45, 2.75) is 40.7 Å². The van der Waals surface area contributed by atoms with Gasteiger partial charge in [0.15, 0.2) is 0 Å². The van der Waals surface area contributed by atoms with E-state index >= 15 is 0 Å². The second kappa shape index (κ2) is 9.49. The number of hydrogen-bond acceptors (Lipinski definition) is 5. The summed E-state index contributed by atoms with van der Waals surface area (Å²) < 4.78 is 25.6. The van der Waals surface area contributed by atoms with Crippen molar-refractivity contribution in [1.82, 2.24) is 4.47 Å². The summed E-state index contributed by atoms with van der Waals surface area (Å²) in [6.45, 7) is 0. The van der Waals surface area contributed by atoms with E-state index in [1.165, 1.54) is 62.9 Å². The van der Waals surface area contributed by atoms with E-state index in [0.717, 1.165) is 0 Å². The fourth-order valence-electron chi connectivity index (χ4n) is 3.10. The summed E-state index contributed by atoms with van der Waals surface area (Å²) in [5.74, 6) is -0.422. The quantitative estimate of drug-likeness (QED) is 0.607. The lowest BCUT2D eigenvalue weighted by atomic mass is 10.2. The van der Waals surface area contributed by atoms with Crippen molar-refractivity contribution in [1.29, 1.82) is 0 Å². The van der Waals surface area contributed by atoms with Crippen molar-refractivity contribution < 1.29 is 18.0 Å². The lowest BCUT2D eigenvalue weighted by Gasteiger charge is -2.16. The minimum atomic E-state index is -3.97. The maximum atomic E-state index is 12.6. The molecule has 1 N–H and O–H groups in total. The van der Waals surface area contributed by atoms with Crippen molar-refractivity contribution in [2.75, 3.05) is 19.5 Å². The predicted molar refractivity (Wildman–Crippen MR) is 116 cm³/mol. The first-order chi connectivity index (χ1) is 13.8. The maximum Gasteiger partial charge on any atom is 0.266 e. The van der Waals surface area contributed by atoms with E-state index < -0.39 is 15.9 Å². The second-order valence-electron chi connectivity index (χ2n) is 6.75. The molecule has 0 heterocycles. The SMILES string of the molecule is CON(C)S(=O)(=O)c1cc(C(=O)Nc2ccc(SC3CCCC3)cc2)ccc1Cl. The number of carbonyl (C=O) groups excluding carboxylic acids is 1. The number of halogens is 1. The third-order valence-corrected chi connectivity index (χ3v) is 8.29. The van der Waals surface area contributed by atoms with Crippen LogP contribution >= 0.6 is 23.4 Å². The minimum absolute atomic E-state index is 0.0127. The molecule has 1 fully saturated rings. The molecule has 29 heavy (non-hydrogen) atoms. The molecule has 2 aromatic rings. The second-order valence-corrected chi connectivity index (χ2v) is 10.4. The van der Waals surface area contributed by atoms with Crippen LogP contribution in [-0.2, 0) is 14.9 Å². The molecule has 0 bridgehead atoms. The highest BCUT2D eigenvalue weighted by Crippen LogP contribution is 2.35. The molecule has 0 saturated heterocycles. The monoisotopic (exact) mass is 454 g/mol. The zero-order chi connectivity index (χ0) is 21.0. The Bertz CT molecular complexity index is 974. The van der Waals surface area contributed by atoms with Gasteiger partial charge in [-0.05, 0) is 55.3 Å². The standard InChI is InChI=1S/C20H23ClN2O4S2/c1-23(27-2)29(25,26)19-13-14(7-12-18(19)21)20(24)22-15-8-10-17(11-9-15)28-16-5-3-4-6-16/h7-13,16H,3-6H2,1-2H3,(H,22,24). The van der Waals surface area contributed by atoms with Gasteiger partial charge in [-0.15, -0.1) is 11.8 Å². The summed E-state index contributed by atoms with van der Waals surface area (Å²) >= 11 is 7.91. The first kappa shape index (κ1) is 22.1. The molecular weight excluding hydrogens is 432 g/mol. The molecule has 0 spiro atoms. The zero-order valence-electron chi connectivity index (χ0n) is 16.2. The van der Waals surface area contributed by atoms with Gasteiger partial charge in [0.05, 0.1) is 12.1 Å². The lowest BCUT2D eigenvalue weighted by Crippen LogP contribution is -2.26. The molecule has 0 aromatic heterocycles. The van der Waals surface area contributed by atoms with Gasteiger partial charge in [0, 0.05) is 28.4 Å². The molecule has 0 atom stereocenters. The van der Waals surface area contributed by atoms with Gasteiger partial charge in [-0.3, -0.25) is 9.63 Å². The number of thioether (sulfide) groups is 1. The normalized spacial score (nSPS) is 15.0. The van der Waals surface area contributed by atoms with Crippen LogP contribution in [0, 0.1) is 0 Å². The lowest BCUT2D eigenvalue weighted by molar-refractivity contribution is -0.0258. The third-order valence-electron chi connectivity index (χ3n) is 4.78. The first-order valence-electron chi connectivity index (χ1n) is 9.22. The first-order valence-corrected chi connectivity index (χ1v) is 11.9. The van der Waals surface area contributed by atoms with Crippen LogP contribution in [0.1, 0.15) is 36.0 Å². The minimum Gasteiger partial charge on any atom is -0.322 e. The van der Waals surface area contributed by atoms with Crippen molar-refractivity contribution in [2.24, 2.45) is 0 Å². The van der Waals surface area contributed by atoms with Crippen LogP contribution in [0.2, 0.25) is 5.02 Å². The number of nitrogens with zero attached hydrogens (tertiary/aromatic N) is 1. The number of rotatable bonds is 7. The molecule has 9 heteroatoms. The van der Waals surface area contributed by atoms with Gasteiger partial charge in [-0.25, -0.2) is 8.42 Å². The predicted octanol–water partition coefficient (Wildman–Crippen LogP) is 4.81. The van der Waals surface area contributed by atoms with Crippen LogP contribution in [0.3, 0.4) is 0 Å². The molecular formula is C20H23ClN2O4S2. The molecule has 1 aliphatic carbocycles. The highest BCUT2D eigenvalue weighted by Gasteiger charge is 2.25. The van der Waals surface area contributed by atoms with E-state index in [4.69, 9.17) is 16.4 Å². The summed E-state index contributed by atoms with van der Waals surface area (Å²) in [6.07, 6.45) is 5.10. The van der Waals surface area contributed by atoms with Gasteiger partial charge in [-0.1, -0.05) is 28.9 Å². The van der Waals surface area contributed by atoms with Crippen molar-refractivity contribution >= 4 is 45.0 Å². The van der Waals surface area contributed by atoms with E-state index in [9.17, 15) is 13.2 Å². The summed E-state index contributed by atoms with van der Waals surface area (Å²) in [7, 11) is -1.48. The number of benzene rings is 2. The van der Waals surface area contributed by atoms with E-state index in [0.29, 0.717) is 15.4 Å². The van der Waals surface area contributed by atoms with Crippen LogP contribution in [-0.4, -0.2) is 38.2 Å². The van der Waals surface area contributed by atoms with Gasteiger partial charge < -0.3 is 5.32 Å². The van der Waals surface area contributed by atoms with Gasteiger partial charge in [0.25, 0.3) is 15.9 Å². The number of nitrogens with one attached hydrogen (secondary N) is 1. The van der Waals surface area contributed by atoms with Crippen molar-refractivity contribution in [3.8, 4) is 0 Å². The largest absolute Gasteiger partial charge is 0.322 e. The fourth-order valence-corrected chi connectivity index (χ4v) is 5.82. The summed E-state index contributed by atoms with van der Waals surface area (Å²) in [5.41, 5.74) is 0.820. The highest BCUT2D eigenvalue weighted by molar-refractivity contribution is 8.00. The number of carbonyl (C=O) groups is 1. The van der Waals surface area contributed by atoms with E-state index in [-0.39, 0.29) is 15.5 Å². The molecule has 6 nitrogen and oxygen atoms in total. The Hall–Kier alpha value is -1.58. The van der Waals surface area contributed by atoms with Gasteiger partial charge in [0.1, 0.15) is 4.90 Å². The Labute approximate surface area is 180 Å². The average molecular weight is 455 g/mol. The van der Waals surface area contributed by atoms with Crippen LogP contribution in [0.4, 0.5) is 5.69 Å². The zero-order valence-corrected chi connectivity index (χ0v) is 18.6.